The summed E-state index contributed by atoms with van der Waals surface area (Å²) in [5.41, 5.74) is 5.51. The van der Waals surface area contributed by atoms with Crippen molar-refractivity contribution in [1.82, 2.24) is 9.97 Å². The molecule has 126 valence electrons. The first-order valence-electron chi connectivity index (χ1n) is 8.25. The van der Waals surface area contributed by atoms with Crippen molar-refractivity contribution in [3.8, 4) is 5.88 Å². The third-order valence-electron chi connectivity index (χ3n) is 4.66. The van der Waals surface area contributed by atoms with E-state index in [4.69, 9.17) is 15.2 Å². The molecule has 2 N–H and O–H groups in total. The fourth-order valence-corrected chi connectivity index (χ4v) is 3.38. The van der Waals surface area contributed by atoms with Crippen molar-refractivity contribution in [2.45, 2.75) is 56.8 Å². The molecule has 0 spiro atoms. The number of primary amides is 1. The Hall–Kier alpha value is -1.89. The molecule has 0 unspecified atom stereocenters. The summed E-state index contributed by atoms with van der Waals surface area (Å²) in [4.78, 5) is 22.3. The van der Waals surface area contributed by atoms with E-state index in [2.05, 4.69) is 9.97 Å². The molecule has 7 heteroatoms. The number of methoxy groups -OCH3 is 1. The van der Waals surface area contributed by atoms with Gasteiger partial charge in [0.1, 0.15) is 12.1 Å². The normalized spacial score (nSPS) is 25.5. The van der Waals surface area contributed by atoms with Crippen molar-refractivity contribution >= 4 is 11.7 Å². The van der Waals surface area contributed by atoms with Crippen molar-refractivity contribution in [2.75, 3.05) is 18.6 Å². The Kier molecular flexibility index (Phi) is 4.95. The molecule has 7 nitrogen and oxygen atoms in total. The summed E-state index contributed by atoms with van der Waals surface area (Å²) in [5.74, 6) is 0.755. The van der Waals surface area contributed by atoms with E-state index in [-0.39, 0.29) is 18.1 Å². The zero-order chi connectivity index (χ0) is 16.2. The molecule has 2 heterocycles. The summed E-state index contributed by atoms with van der Waals surface area (Å²) in [7, 11) is 1.64. The Morgan fingerprint density at radius 3 is 2.74 bits per heavy atom. The minimum atomic E-state index is -0.417. The SMILES string of the molecule is CO[C@H]1C[C@@H](C(N)=O)N(c2cncc(OC3CCCCC3)n2)C1. The smallest absolute Gasteiger partial charge is 0.240 e. The van der Waals surface area contributed by atoms with E-state index in [0.29, 0.717) is 24.7 Å². The van der Waals surface area contributed by atoms with Crippen LogP contribution in [0.4, 0.5) is 5.82 Å². The van der Waals surface area contributed by atoms with Gasteiger partial charge in [-0.1, -0.05) is 6.42 Å². The fourth-order valence-electron chi connectivity index (χ4n) is 3.38. The molecule has 0 radical (unpaired) electrons. The number of carbonyl (C=O) groups is 1. The van der Waals surface area contributed by atoms with Crippen LogP contribution in [0.5, 0.6) is 5.88 Å². The highest BCUT2D eigenvalue weighted by Gasteiger charge is 2.37. The Labute approximate surface area is 136 Å². The van der Waals surface area contributed by atoms with Crippen LogP contribution in [0.15, 0.2) is 12.4 Å². The highest BCUT2D eigenvalue weighted by molar-refractivity contribution is 5.84. The maximum Gasteiger partial charge on any atom is 0.240 e. The van der Waals surface area contributed by atoms with E-state index in [1.807, 2.05) is 4.90 Å². The van der Waals surface area contributed by atoms with Crippen molar-refractivity contribution in [1.29, 1.82) is 0 Å². The topological polar surface area (TPSA) is 90.6 Å². The number of amides is 1. The van der Waals surface area contributed by atoms with Gasteiger partial charge in [-0.05, 0) is 25.7 Å². The maximum absolute atomic E-state index is 11.7. The van der Waals surface area contributed by atoms with Crippen LogP contribution in [-0.4, -0.2) is 47.8 Å². The molecule has 1 saturated heterocycles. The van der Waals surface area contributed by atoms with Gasteiger partial charge in [0.25, 0.3) is 0 Å². The van der Waals surface area contributed by atoms with E-state index in [1.54, 1.807) is 19.5 Å². The van der Waals surface area contributed by atoms with Gasteiger partial charge >= 0.3 is 0 Å². The number of rotatable bonds is 5. The lowest BCUT2D eigenvalue weighted by Gasteiger charge is -2.25. The first-order valence-corrected chi connectivity index (χ1v) is 8.25. The number of ether oxygens (including phenoxy) is 2. The van der Waals surface area contributed by atoms with E-state index >= 15 is 0 Å². The van der Waals surface area contributed by atoms with Gasteiger partial charge in [0.05, 0.1) is 18.5 Å². The molecule has 23 heavy (non-hydrogen) atoms. The summed E-state index contributed by atoms with van der Waals surface area (Å²) in [5, 5.41) is 0. The molecule has 1 saturated carbocycles. The monoisotopic (exact) mass is 320 g/mol. The lowest BCUT2D eigenvalue weighted by Crippen LogP contribution is -2.40. The highest BCUT2D eigenvalue weighted by atomic mass is 16.5. The molecule has 2 fully saturated rings. The van der Waals surface area contributed by atoms with Crippen molar-refractivity contribution < 1.29 is 14.3 Å². The van der Waals surface area contributed by atoms with Gasteiger partial charge in [0.2, 0.25) is 11.8 Å². The van der Waals surface area contributed by atoms with Crippen molar-refractivity contribution in [3.63, 3.8) is 0 Å². The third kappa shape index (κ3) is 3.72. The number of nitrogens with two attached hydrogens (primary N) is 1. The van der Waals surface area contributed by atoms with Crippen LogP contribution in [0.25, 0.3) is 0 Å². The van der Waals surface area contributed by atoms with Gasteiger partial charge in [-0.25, -0.2) is 0 Å². The molecule has 0 aromatic carbocycles. The number of aromatic nitrogens is 2. The van der Waals surface area contributed by atoms with Crippen LogP contribution in [0.1, 0.15) is 38.5 Å². The zero-order valence-electron chi connectivity index (χ0n) is 13.5. The van der Waals surface area contributed by atoms with E-state index < -0.39 is 6.04 Å². The number of hydrogen-bond donors (Lipinski definition) is 1. The predicted molar refractivity (Wildman–Crippen MR) is 85.3 cm³/mol. The van der Waals surface area contributed by atoms with Crippen LogP contribution in [0.2, 0.25) is 0 Å². The van der Waals surface area contributed by atoms with Gasteiger partial charge in [0.15, 0.2) is 5.82 Å². The van der Waals surface area contributed by atoms with Crippen LogP contribution >= 0.6 is 0 Å². The first kappa shape index (κ1) is 16.0. The molecule has 1 aliphatic carbocycles. The zero-order valence-corrected chi connectivity index (χ0v) is 13.5. The molecule has 0 bridgehead atoms. The molecule has 2 atom stereocenters. The predicted octanol–water partition coefficient (Wildman–Crippen LogP) is 1.27. The van der Waals surface area contributed by atoms with Gasteiger partial charge < -0.3 is 20.1 Å². The maximum atomic E-state index is 11.7. The first-order chi connectivity index (χ1) is 11.2. The van der Waals surface area contributed by atoms with Crippen LogP contribution < -0.4 is 15.4 Å². The van der Waals surface area contributed by atoms with Gasteiger partial charge in [0, 0.05) is 20.1 Å². The third-order valence-corrected chi connectivity index (χ3v) is 4.66. The Morgan fingerprint density at radius 2 is 2.04 bits per heavy atom. The Bertz CT molecular complexity index is 548. The Balaban J connectivity index is 1.74. The Morgan fingerprint density at radius 1 is 1.26 bits per heavy atom. The molecule has 3 rings (SSSR count). The summed E-state index contributed by atoms with van der Waals surface area (Å²) >= 11 is 0. The second-order valence-corrected chi connectivity index (χ2v) is 6.26. The van der Waals surface area contributed by atoms with Crippen LogP contribution in [0, 0.1) is 0 Å². The van der Waals surface area contributed by atoms with E-state index in [0.717, 1.165) is 12.8 Å². The summed E-state index contributed by atoms with van der Waals surface area (Å²) in [6.45, 7) is 0.575. The number of carbonyl (C=O) groups excluding carboxylic acids is 1. The number of anilines is 1. The molecular weight excluding hydrogens is 296 g/mol. The van der Waals surface area contributed by atoms with E-state index in [9.17, 15) is 4.79 Å². The second-order valence-electron chi connectivity index (χ2n) is 6.26. The molecule has 1 aromatic heterocycles. The number of hydrogen-bond acceptors (Lipinski definition) is 6. The van der Waals surface area contributed by atoms with Crippen LogP contribution in [-0.2, 0) is 9.53 Å². The van der Waals surface area contributed by atoms with Gasteiger partial charge in [-0.15, -0.1) is 0 Å². The lowest BCUT2D eigenvalue weighted by molar-refractivity contribution is -0.119. The number of nitrogens with zero attached hydrogens (tertiary/aromatic N) is 3. The largest absolute Gasteiger partial charge is 0.473 e. The van der Waals surface area contributed by atoms with Crippen LogP contribution in [0.3, 0.4) is 0 Å². The minimum Gasteiger partial charge on any atom is -0.473 e. The summed E-state index contributed by atoms with van der Waals surface area (Å²) in [6, 6.07) is -0.417. The second kappa shape index (κ2) is 7.12. The summed E-state index contributed by atoms with van der Waals surface area (Å²) < 4.78 is 11.3. The van der Waals surface area contributed by atoms with E-state index in [1.165, 1.54) is 19.3 Å². The van der Waals surface area contributed by atoms with Crippen molar-refractivity contribution in [3.05, 3.63) is 12.4 Å². The molecule has 1 aromatic rings. The lowest BCUT2D eigenvalue weighted by atomic mass is 9.98. The minimum absolute atomic E-state index is 0.0304. The average molecular weight is 320 g/mol. The molecule has 1 aliphatic heterocycles. The standard InChI is InChI=1S/C16H24N4O3/c1-22-12-7-13(16(17)21)20(10-12)14-8-18-9-15(19-14)23-11-5-3-2-4-6-11/h8-9,11-13H,2-7,10H2,1H3,(H2,17,21)/t12-,13-/m0/s1. The average Bonchev–Trinajstić information content (AvgIpc) is 3.01. The molecular formula is C16H24N4O3. The quantitative estimate of drug-likeness (QED) is 0.878. The highest BCUT2D eigenvalue weighted by Crippen LogP contribution is 2.27. The van der Waals surface area contributed by atoms with Crippen molar-refractivity contribution in [2.24, 2.45) is 5.73 Å². The van der Waals surface area contributed by atoms with Gasteiger partial charge in [-0.2, -0.15) is 4.98 Å². The summed E-state index contributed by atoms with van der Waals surface area (Å²) in [6.07, 6.45) is 9.81. The van der Waals surface area contributed by atoms with Gasteiger partial charge in [-0.3, -0.25) is 9.78 Å². The molecule has 1 amide bonds. The fraction of sp³-hybridized carbons (Fsp3) is 0.688. The molecule has 2 aliphatic rings.